The van der Waals surface area contributed by atoms with Crippen molar-refractivity contribution in [2.45, 2.75) is 13.5 Å². The maximum Gasteiger partial charge on any atom is 0.279 e. The smallest absolute Gasteiger partial charge is 0.279 e. The molecule has 0 aliphatic heterocycles. The number of hydrogen-bond acceptors (Lipinski definition) is 1. The summed E-state index contributed by atoms with van der Waals surface area (Å²) < 4.78 is 1.95. The van der Waals surface area contributed by atoms with Crippen molar-refractivity contribution in [3.8, 4) is 0 Å². The standard InChI is InChI=1S/C20H17ClN2O/c1-15-8-10-16(11-9-15)14-23-12-3-2-7-19(23)22-20(24)17-5-4-6-18(21)13-17/h2-13H,14H2,1H3. The van der Waals surface area contributed by atoms with Gasteiger partial charge in [0.15, 0.2) is 0 Å². The highest BCUT2D eigenvalue weighted by molar-refractivity contribution is 6.30. The molecule has 24 heavy (non-hydrogen) atoms. The largest absolute Gasteiger partial charge is 0.328 e. The highest BCUT2D eigenvalue weighted by Crippen LogP contribution is 2.11. The van der Waals surface area contributed by atoms with Crippen LogP contribution in [0, 0.1) is 6.92 Å². The summed E-state index contributed by atoms with van der Waals surface area (Å²) in [7, 11) is 0. The summed E-state index contributed by atoms with van der Waals surface area (Å²) in [6, 6.07) is 20.8. The van der Waals surface area contributed by atoms with Gasteiger partial charge >= 0.3 is 0 Å². The topological polar surface area (TPSA) is 34.4 Å². The first-order valence-electron chi connectivity index (χ1n) is 7.67. The third-order valence-electron chi connectivity index (χ3n) is 3.68. The number of hydrogen-bond donors (Lipinski definition) is 0. The van der Waals surface area contributed by atoms with Crippen molar-refractivity contribution in [1.82, 2.24) is 4.57 Å². The van der Waals surface area contributed by atoms with E-state index < -0.39 is 0 Å². The van der Waals surface area contributed by atoms with Gasteiger partial charge in [0.1, 0.15) is 5.49 Å². The van der Waals surface area contributed by atoms with E-state index in [1.54, 1.807) is 24.3 Å². The molecule has 0 unspecified atom stereocenters. The summed E-state index contributed by atoms with van der Waals surface area (Å²) >= 11 is 5.94. The average molecular weight is 337 g/mol. The number of carbonyl (C=O) groups is 1. The summed E-state index contributed by atoms with van der Waals surface area (Å²) in [6.07, 6.45) is 1.92. The van der Waals surface area contributed by atoms with Crippen molar-refractivity contribution in [2.75, 3.05) is 0 Å². The third kappa shape index (κ3) is 4.00. The zero-order valence-corrected chi connectivity index (χ0v) is 14.1. The lowest BCUT2D eigenvalue weighted by atomic mass is 10.1. The molecule has 120 valence electrons. The minimum atomic E-state index is -0.304. The number of carbonyl (C=O) groups excluding carboxylic acids is 1. The zero-order valence-electron chi connectivity index (χ0n) is 13.3. The molecule has 0 atom stereocenters. The number of pyridine rings is 1. The fourth-order valence-electron chi connectivity index (χ4n) is 2.38. The van der Waals surface area contributed by atoms with Crippen molar-refractivity contribution in [2.24, 2.45) is 4.99 Å². The van der Waals surface area contributed by atoms with Crippen LogP contribution in [0.25, 0.3) is 0 Å². The van der Waals surface area contributed by atoms with Gasteiger partial charge in [-0.15, -0.1) is 0 Å². The summed E-state index contributed by atoms with van der Waals surface area (Å²) in [6.45, 7) is 2.71. The minimum absolute atomic E-state index is 0.304. The van der Waals surface area contributed by atoms with Crippen LogP contribution in [0.4, 0.5) is 0 Å². The molecule has 0 bridgehead atoms. The molecule has 0 radical (unpaired) electrons. The molecule has 0 aliphatic rings. The molecule has 3 nitrogen and oxygen atoms in total. The molecule has 0 saturated heterocycles. The van der Waals surface area contributed by atoms with E-state index in [1.165, 1.54) is 5.56 Å². The van der Waals surface area contributed by atoms with E-state index >= 15 is 0 Å². The number of halogens is 1. The van der Waals surface area contributed by atoms with Crippen LogP contribution in [0.3, 0.4) is 0 Å². The monoisotopic (exact) mass is 336 g/mol. The molecule has 0 aliphatic carbocycles. The number of aryl methyl sites for hydroxylation is 1. The Balaban J connectivity index is 1.93. The van der Waals surface area contributed by atoms with Gasteiger partial charge in [0.25, 0.3) is 5.91 Å². The summed E-state index contributed by atoms with van der Waals surface area (Å²) in [4.78, 5) is 16.6. The summed E-state index contributed by atoms with van der Waals surface area (Å²) in [5, 5.41) is 0.525. The van der Waals surface area contributed by atoms with Gasteiger partial charge in [-0.25, -0.2) is 0 Å². The normalized spacial score (nSPS) is 11.5. The van der Waals surface area contributed by atoms with Gasteiger partial charge in [-0.1, -0.05) is 53.6 Å². The molecule has 0 spiro atoms. The number of benzene rings is 2. The summed E-state index contributed by atoms with van der Waals surface area (Å²) in [5.74, 6) is -0.304. The number of aromatic nitrogens is 1. The second kappa shape index (κ2) is 7.28. The Labute approximate surface area is 145 Å². The first kappa shape index (κ1) is 16.2. The van der Waals surface area contributed by atoms with E-state index in [0.717, 1.165) is 5.56 Å². The van der Waals surface area contributed by atoms with Crippen LogP contribution in [0.2, 0.25) is 5.02 Å². The minimum Gasteiger partial charge on any atom is -0.328 e. The SMILES string of the molecule is Cc1ccc(Cn2ccccc2=NC(=O)c2cccc(Cl)c2)cc1. The number of amides is 1. The fourth-order valence-corrected chi connectivity index (χ4v) is 2.57. The molecule has 0 saturated carbocycles. The second-order valence-electron chi connectivity index (χ2n) is 5.60. The quantitative estimate of drug-likeness (QED) is 0.704. The molecular weight excluding hydrogens is 320 g/mol. The highest BCUT2D eigenvalue weighted by atomic mass is 35.5. The van der Waals surface area contributed by atoms with Gasteiger partial charge in [0.2, 0.25) is 0 Å². The van der Waals surface area contributed by atoms with Gasteiger partial charge < -0.3 is 4.57 Å². The van der Waals surface area contributed by atoms with E-state index in [4.69, 9.17) is 11.6 Å². The van der Waals surface area contributed by atoms with Crippen LogP contribution in [0.5, 0.6) is 0 Å². The lowest BCUT2D eigenvalue weighted by Crippen LogP contribution is -2.22. The molecular formula is C20H17ClN2O. The van der Waals surface area contributed by atoms with Crippen LogP contribution in [-0.4, -0.2) is 10.5 Å². The first-order valence-corrected chi connectivity index (χ1v) is 8.05. The van der Waals surface area contributed by atoms with Crippen LogP contribution in [-0.2, 0) is 6.54 Å². The summed E-state index contributed by atoms with van der Waals surface area (Å²) in [5.41, 5.74) is 3.47. The van der Waals surface area contributed by atoms with Crippen molar-refractivity contribution in [1.29, 1.82) is 0 Å². The molecule has 3 rings (SSSR count). The Morgan fingerprint density at radius 3 is 2.58 bits per heavy atom. The van der Waals surface area contributed by atoms with Crippen LogP contribution in [0.15, 0.2) is 77.9 Å². The average Bonchev–Trinajstić information content (AvgIpc) is 2.58. The van der Waals surface area contributed by atoms with Crippen molar-refractivity contribution in [3.63, 3.8) is 0 Å². The Hall–Kier alpha value is -2.65. The van der Waals surface area contributed by atoms with Crippen LogP contribution < -0.4 is 5.49 Å². The highest BCUT2D eigenvalue weighted by Gasteiger charge is 2.05. The molecule has 1 heterocycles. The number of rotatable bonds is 3. The predicted octanol–water partition coefficient (Wildman–Crippen LogP) is 4.24. The van der Waals surface area contributed by atoms with Gasteiger partial charge in [-0.05, 0) is 42.8 Å². The van der Waals surface area contributed by atoms with E-state index in [-0.39, 0.29) is 5.91 Å². The van der Waals surface area contributed by atoms with Crippen molar-refractivity contribution >= 4 is 17.5 Å². The van der Waals surface area contributed by atoms with E-state index in [1.807, 2.05) is 29.0 Å². The molecule has 0 fully saturated rings. The van der Waals surface area contributed by atoms with Gasteiger partial charge in [-0.3, -0.25) is 4.79 Å². The second-order valence-corrected chi connectivity index (χ2v) is 6.04. The zero-order chi connectivity index (χ0) is 16.9. The Morgan fingerprint density at radius 2 is 1.83 bits per heavy atom. The van der Waals surface area contributed by atoms with E-state index in [2.05, 4.69) is 36.2 Å². The maximum absolute atomic E-state index is 12.4. The molecule has 4 heteroatoms. The van der Waals surface area contributed by atoms with Gasteiger partial charge in [0, 0.05) is 23.3 Å². The molecule has 1 aromatic heterocycles. The maximum atomic E-state index is 12.4. The predicted molar refractivity (Wildman–Crippen MR) is 96.1 cm³/mol. The molecule has 2 aromatic carbocycles. The number of nitrogens with zero attached hydrogens (tertiary/aromatic N) is 2. The lowest BCUT2D eigenvalue weighted by Gasteiger charge is -2.08. The van der Waals surface area contributed by atoms with Crippen molar-refractivity contribution in [3.05, 3.63) is 100 Å². The molecule has 0 N–H and O–H groups in total. The third-order valence-corrected chi connectivity index (χ3v) is 3.91. The Bertz CT molecular complexity index is 927. The van der Waals surface area contributed by atoms with Crippen LogP contribution in [0.1, 0.15) is 21.5 Å². The van der Waals surface area contributed by atoms with Crippen molar-refractivity contribution < 1.29 is 4.79 Å². The van der Waals surface area contributed by atoms with Gasteiger partial charge in [0.05, 0.1) is 0 Å². The van der Waals surface area contributed by atoms with Crippen LogP contribution >= 0.6 is 11.6 Å². The first-order chi connectivity index (χ1) is 11.6. The Kier molecular flexibility index (Phi) is 4.92. The lowest BCUT2D eigenvalue weighted by molar-refractivity contribution is 0.0997. The van der Waals surface area contributed by atoms with Gasteiger partial charge in [-0.2, -0.15) is 4.99 Å². The Morgan fingerprint density at radius 1 is 1.04 bits per heavy atom. The molecule has 1 amide bonds. The van der Waals surface area contributed by atoms with E-state index in [9.17, 15) is 4.79 Å². The van der Waals surface area contributed by atoms with E-state index in [0.29, 0.717) is 22.6 Å². The molecule has 3 aromatic rings. The fraction of sp³-hybridized carbons (Fsp3) is 0.100.